The monoisotopic (exact) mass is 384 g/mol. The number of H-pyrrole nitrogens is 1. The number of hydrazine groups is 1. The number of amidine groups is 1. The van der Waals surface area contributed by atoms with Crippen molar-refractivity contribution in [3.63, 3.8) is 0 Å². The summed E-state index contributed by atoms with van der Waals surface area (Å²) in [6.07, 6.45) is 0. The van der Waals surface area contributed by atoms with Gasteiger partial charge in [0.15, 0.2) is 11.6 Å². The van der Waals surface area contributed by atoms with Crippen molar-refractivity contribution in [2.75, 3.05) is 5.75 Å². The Kier molecular flexibility index (Phi) is 7.42. The van der Waals surface area contributed by atoms with Crippen molar-refractivity contribution < 1.29 is 4.42 Å². The zero-order valence-corrected chi connectivity index (χ0v) is 15.7. The molecule has 3 aromatic rings. The van der Waals surface area contributed by atoms with E-state index in [1.807, 2.05) is 32.0 Å². The molecule has 0 saturated heterocycles. The molecule has 0 unspecified atom stereocenters. The van der Waals surface area contributed by atoms with Crippen molar-refractivity contribution in [3.8, 4) is 29.0 Å². The molecule has 0 aliphatic carbocycles. The number of nitriles is 1. The van der Waals surface area contributed by atoms with E-state index >= 15 is 0 Å². The molecule has 1 aromatic carbocycles. The van der Waals surface area contributed by atoms with Gasteiger partial charge in [0, 0.05) is 5.56 Å². The van der Waals surface area contributed by atoms with E-state index in [1.165, 1.54) is 11.8 Å². The van der Waals surface area contributed by atoms with Gasteiger partial charge in [0.25, 0.3) is 0 Å². The first-order chi connectivity index (χ1) is 13.2. The molecule has 9 nitrogen and oxygen atoms in total. The normalized spacial score (nSPS) is 10.7. The lowest BCUT2D eigenvalue weighted by molar-refractivity contribution is 0.592. The Bertz CT molecular complexity index is 923. The second-order valence-electron chi connectivity index (χ2n) is 4.83. The van der Waals surface area contributed by atoms with E-state index in [4.69, 9.17) is 21.4 Å². The number of hydrogen-bond acceptors (Lipinski definition) is 8. The molecule has 140 valence electrons. The van der Waals surface area contributed by atoms with E-state index in [1.54, 1.807) is 18.2 Å². The number of nitrogens with one attached hydrogen (secondary N) is 2. The molecular weight excluding hydrogens is 364 g/mol. The number of hydrazone groups is 1. The lowest BCUT2D eigenvalue weighted by atomic mass is 10.1. The summed E-state index contributed by atoms with van der Waals surface area (Å²) in [5, 5.41) is 19.8. The molecule has 3 rings (SSSR count). The van der Waals surface area contributed by atoms with Gasteiger partial charge in [0.05, 0.1) is 17.4 Å². The van der Waals surface area contributed by atoms with E-state index in [9.17, 15) is 0 Å². The van der Waals surface area contributed by atoms with Crippen LogP contribution in [0, 0.1) is 11.3 Å². The molecule has 0 aliphatic rings. The predicted octanol–water partition coefficient (Wildman–Crippen LogP) is 2.46. The number of furan rings is 1. The fourth-order valence-corrected chi connectivity index (χ4v) is 2.69. The third kappa shape index (κ3) is 5.10. The molecule has 0 saturated carbocycles. The van der Waals surface area contributed by atoms with Crippen LogP contribution in [0.25, 0.3) is 22.9 Å². The average Bonchev–Trinajstić information content (AvgIpc) is 3.40. The van der Waals surface area contributed by atoms with E-state index < -0.39 is 0 Å². The fraction of sp³-hybridized carbons (Fsp3) is 0.176. The van der Waals surface area contributed by atoms with Gasteiger partial charge in [0.2, 0.25) is 5.16 Å². The summed E-state index contributed by atoms with van der Waals surface area (Å²) in [5.74, 6) is 13.0. The SMILES string of the molecule is CC.N#Cc1ccc(-c2ccc(-c3nc(SC/C(=N/N)NN)n[nH]3)o2)cc1. The highest BCUT2D eigenvalue weighted by atomic mass is 32.2. The molecule has 2 heterocycles. The first-order valence-electron chi connectivity index (χ1n) is 8.13. The Morgan fingerprint density at radius 2 is 1.96 bits per heavy atom. The lowest BCUT2D eigenvalue weighted by Gasteiger charge is -1.99. The van der Waals surface area contributed by atoms with Crippen LogP contribution in [0.3, 0.4) is 0 Å². The topological polar surface area (TPSA) is 155 Å². The molecule has 0 fully saturated rings. The maximum absolute atomic E-state index is 8.84. The van der Waals surface area contributed by atoms with E-state index in [-0.39, 0.29) is 0 Å². The summed E-state index contributed by atoms with van der Waals surface area (Å²) in [7, 11) is 0. The minimum absolute atomic E-state index is 0.416. The minimum Gasteiger partial charge on any atom is -0.453 e. The van der Waals surface area contributed by atoms with Gasteiger partial charge in [-0.05, 0) is 36.4 Å². The molecule has 0 radical (unpaired) electrons. The molecule has 6 N–H and O–H groups in total. The average molecular weight is 384 g/mol. The van der Waals surface area contributed by atoms with Crippen molar-refractivity contribution in [3.05, 3.63) is 42.0 Å². The summed E-state index contributed by atoms with van der Waals surface area (Å²) in [5.41, 5.74) is 3.86. The van der Waals surface area contributed by atoms with Crippen LogP contribution in [0.4, 0.5) is 0 Å². The molecule has 0 spiro atoms. The largest absolute Gasteiger partial charge is 0.453 e. The molecule has 0 aliphatic heterocycles. The summed E-state index contributed by atoms with van der Waals surface area (Å²) in [6, 6.07) is 12.9. The zero-order valence-electron chi connectivity index (χ0n) is 14.9. The van der Waals surface area contributed by atoms with Gasteiger partial charge in [-0.2, -0.15) is 15.3 Å². The van der Waals surface area contributed by atoms with Crippen molar-refractivity contribution in [1.29, 1.82) is 5.26 Å². The van der Waals surface area contributed by atoms with Gasteiger partial charge in [-0.25, -0.2) is 5.84 Å². The Morgan fingerprint density at radius 1 is 1.26 bits per heavy atom. The molecule has 0 atom stereocenters. The van der Waals surface area contributed by atoms with Crippen LogP contribution in [0.5, 0.6) is 0 Å². The second-order valence-corrected chi connectivity index (χ2v) is 5.77. The Morgan fingerprint density at radius 3 is 2.59 bits per heavy atom. The lowest BCUT2D eigenvalue weighted by Crippen LogP contribution is -2.33. The van der Waals surface area contributed by atoms with Crippen LogP contribution < -0.4 is 17.1 Å². The number of benzene rings is 1. The maximum Gasteiger partial charge on any atom is 0.209 e. The number of hydrogen-bond donors (Lipinski definition) is 4. The zero-order chi connectivity index (χ0) is 19.6. The summed E-state index contributed by atoms with van der Waals surface area (Å²) < 4.78 is 5.81. The van der Waals surface area contributed by atoms with Crippen molar-refractivity contribution in [2.45, 2.75) is 19.0 Å². The fourth-order valence-electron chi connectivity index (χ4n) is 2.00. The summed E-state index contributed by atoms with van der Waals surface area (Å²) >= 11 is 1.32. The third-order valence-electron chi connectivity index (χ3n) is 3.26. The minimum atomic E-state index is 0.416. The van der Waals surface area contributed by atoms with Gasteiger partial charge in [0.1, 0.15) is 11.6 Å². The highest BCUT2D eigenvalue weighted by Crippen LogP contribution is 2.27. The maximum atomic E-state index is 8.84. The second kappa shape index (κ2) is 10.0. The first-order valence-corrected chi connectivity index (χ1v) is 9.11. The third-order valence-corrected chi connectivity index (χ3v) is 4.12. The number of nitrogens with two attached hydrogens (primary N) is 2. The molecule has 27 heavy (non-hydrogen) atoms. The molecule has 0 amide bonds. The van der Waals surface area contributed by atoms with Gasteiger partial charge >= 0.3 is 0 Å². The number of thioether (sulfide) groups is 1. The first kappa shape index (κ1) is 20.0. The van der Waals surface area contributed by atoms with Crippen molar-refractivity contribution >= 4 is 17.6 Å². The molecular formula is C17H20N8OS. The summed E-state index contributed by atoms with van der Waals surface area (Å²) in [4.78, 5) is 4.35. The molecule has 2 aromatic heterocycles. The van der Waals surface area contributed by atoms with E-state index in [0.717, 1.165) is 5.56 Å². The van der Waals surface area contributed by atoms with E-state index in [2.05, 4.69) is 31.8 Å². The highest BCUT2D eigenvalue weighted by molar-refractivity contribution is 7.99. The number of nitrogens with zero attached hydrogens (tertiary/aromatic N) is 4. The van der Waals surface area contributed by atoms with Gasteiger partial charge < -0.3 is 15.7 Å². The van der Waals surface area contributed by atoms with Crippen LogP contribution in [-0.2, 0) is 0 Å². The Balaban J connectivity index is 0.00000126. The standard InChI is InChI=1S/C15H14N8OS.C2H6/c16-7-9-1-3-10(4-2-9)11-5-6-12(24-11)14-19-15(23-22-14)25-8-13(20-17)21-18;1-2/h1-6H,8,17-18H2,(H,20,21)(H,19,22,23);1-2H3. The number of aromatic amines is 1. The molecule has 0 bridgehead atoms. The Hall–Kier alpha value is -3.29. The predicted molar refractivity (Wildman–Crippen MR) is 105 cm³/mol. The smallest absolute Gasteiger partial charge is 0.209 e. The van der Waals surface area contributed by atoms with Crippen LogP contribution in [-0.4, -0.2) is 26.8 Å². The van der Waals surface area contributed by atoms with Crippen LogP contribution in [0.1, 0.15) is 19.4 Å². The molecule has 10 heteroatoms. The summed E-state index contributed by atoms with van der Waals surface area (Å²) in [6.45, 7) is 4.00. The van der Waals surface area contributed by atoms with Crippen LogP contribution in [0.2, 0.25) is 0 Å². The number of aromatic nitrogens is 3. The van der Waals surface area contributed by atoms with Crippen LogP contribution >= 0.6 is 11.8 Å². The van der Waals surface area contributed by atoms with Gasteiger partial charge in [-0.3, -0.25) is 5.10 Å². The van der Waals surface area contributed by atoms with Gasteiger partial charge in [-0.1, -0.05) is 25.6 Å². The van der Waals surface area contributed by atoms with Crippen molar-refractivity contribution in [2.24, 2.45) is 16.8 Å². The van der Waals surface area contributed by atoms with Crippen LogP contribution in [0.15, 0.2) is 51.1 Å². The van der Waals surface area contributed by atoms with E-state index in [0.29, 0.717) is 39.7 Å². The highest BCUT2D eigenvalue weighted by Gasteiger charge is 2.12. The quantitative estimate of drug-likeness (QED) is 0.172. The number of rotatable bonds is 5. The van der Waals surface area contributed by atoms with Crippen molar-refractivity contribution in [1.82, 2.24) is 20.6 Å². The van der Waals surface area contributed by atoms with Gasteiger partial charge in [-0.15, -0.1) is 5.10 Å². The Labute approximate surface area is 160 Å².